The van der Waals surface area contributed by atoms with Gasteiger partial charge in [-0.15, -0.1) is 0 Å². The number of amides is 4. The molecule has 0 aromatic heterocycles. The largest absolute Gasteiger partial charge is 0.497 e. The number of urea groups is 1. The highest BCUT2D eigenvalue weighted by atomic mass is 16.5. The molecule has 0 bridgehead atoms. The molecular weight excluding hydrogens is 500 g/mol. The maximum atomic E-state index is 13.1. The zero-order chi connectivity index (χ0) is 27.6. The highest BCUT2D eigenvalue weighted by Crippen LogP contribution is 2.28. The van der Waals surface area contributed by atoms with Crippen LogP contribution in [-0.4, -0.2) is 95.5 Å². The van der Waals surface area contributed by atoms with E-state index in [9.17, 15) is 19.6 Å². The Morgan fingerprint density at radius 2 is 1.85 bits per heavy atom. The van der Waals surface area contributed by atoms with Gasteiger partial charge in [0.2, 0.25) is 5.54 Å². The summed E-state index contributed by atoms with van der Waals surface area (Å²) in [6.45, 7) is 6.60. The normalized spacial score (nSPS) is 21.3. The van der Waals surface area contributed by atoms with E-state index in [0.717, 1.165) is 43.9 Å². The molecule has 2 aromatic carbocycles. The standard InChI is InChI=1S/C28H30N6O5/c1-3-32-12-14-33(15-13-32)24(31-38)20-6-4-19(5-7-20)10-11-28(26(36)29-27(37)30-28)18-34-17-21-8-9-22(39-2)16-23(21)25(34)35/h4-9,16,38H,3,12-15,17-18H2,1-2H3,(H2,29,30,36,37)/b31-24+/t28-/m1/s1. The molecule has 0 unspecified atom stereocenters. The van der Waals surface area contributed by atoms with Gasteiger partial charge in [-0.2, -0.15) is 0 Å². The molecule has 3 aliphatic heterocycles. The zero-order valence-electron chi connectivity index (χ0n) is 21.9. The zero-order valence-corrected chi connectivity index (χ0v) is 21.9. The summed E-state index contributed by atoms with van der Waals surface area (Å²) in [6, 6.07) is 11.7. The first-order valence-electron chi connectivity index (χ1n) is 12.8. The van der Waals surface area contributed by atoms with Crippen molar-refractivity contribution < 1.29 is 24.3 Å². The van der Waals surface area contributed by atoms with Crippen molar-refractivity contribution in [3.8, 4) is 17.6 Å². The predicted octanol–water partition coefficient (Wildman–Crippen LogP) is 1.05. The van der Waals surface area contributed by atoms with Gasteiger partial charge in [-0.3, -0.25) is 14.9 Å². The minimum Gasteiger partial charge on any atom is -0.497 e. The Labute approximate surface area is 226 Å². The lowest BCUT2D eigenvalue weighted by Crippen LogP contribution is -2.54. The van der Waals surface area contributed by atoms with Crippen LogP contribution >= 0.6 is 0 Å². The van der Waals surface area contributed by atoms with E-state index in [-0.39, 0.29) is 19.0 Å². The van der Waals surface area contributed by atoms with Crippen molar-refractivity contribution in [1.29, 1.82) is 0 Å². The van der Waals surface area contributed by atoms with Crippen molar-refractivity contribution in [3.63, 3.8) is 0 Å². The smallest absolute Gasteiger partial charge is 0.323 e. The molecule has 4 amide bonds. The highest BCUT2D eigenvalue weighted by molar-refractivity contribution is 6.10. The Hall–Kier alpha value is -4.56. The van der Waals surface area contributed by atoms with Crippen molar-refractivity contribution in [2.24, 2.45) is 5.16 Å². The van der Waals surface area contributed by atoms with E-state index in [0.29, 0.717) is 22.7 Å². The average Bonchev–Trinajstić information content (AvgIpc) is 3.42. The first-order valence-corrected chi connectivity index (χ1v) is 12.8. The van der Waals surface area contributed by atoms with Crippen LogP contribution in [0, 0.1) is 11.8 Å². The molecule has 0 spiro atoms. The SMILES string of the molecule is CCN1CCN(/C(=N/O)c2ccc(C#C[C@]3(CN4Cc5ccc(OC)cc5C4=O)NC(=O)NC3=O)cc2)CC1. The summed E-state index contributed by atoms with van der Waals surface area (Å²) in [4.78, 5) is 44.0. The van der Waals surface area contributed by atoms with Crippen LogP contribution in [-0.2, 0) is 11.3 Å². The summed E-state index contributed by atoms with van der Waals surface area (Å²) in [5, 5.41) is 18.1. The van der Waals surface area contributed by atoms with Crippen molar-refractivity contribution >= 4 is 23.7 Å². The van der Waals surface area contributed by atoms with Gasteiger partial charge in [0.25, 0.3) is 11.8 Å². The van der Waals surface area contributed by atoms with E-state index in [1.54, 1.807) is 36.4 Å². The molecule has 0 aliphatic carbocycles. The van der Waals surface area contributed by atoms with E-state index in [1.807, 2.05) is 11.0 Å². The van der Waals surface area contributed by atoms with Gasteiger partial charge >= 0.3 is 6.03 Å². The summed E-state index contributed by atoms with van der Waals surface area (Å²) < 4.78 is 5.23. The number of methoxy groups -OCH3 is 1. The van der Waals surface area contributed by atoms with E-state index in [1.165, 1.54) is 12.0 Å². The van der Waals surface area contributed by atoms with Crippen LogP contribution in [0.1, 0.15) is 34.0 Å². The summed E-state index contributed by atoms with van der Waals surface area (Å²) in [6.07, 6.45) is 0. The second-order valence-electron chi connectivity index (χ2n) is 9.67. The number of piperazine rings is 1. The van der Waals surface area contributed by atoms with Crippen LogP contribution in [0.25, 0.3) is 0 Å². The molecule has 2 aromatic rings. The van der Waals surface area contributed by atoms with E-state index < -0.39 is 17.5 Å². The number of benzene rings is 2. The number of nitrogens with zero attached hydrogens (tertiary/aromatic N) is 4. The number of nitrogens with one attached hydrogen (secondary N) is 2. The van der Waals surface area contributed by atoms with Gasteiger partial charge in [-0.05, 0) is 48.5 Å². The number of ether oxygens (including phenoxy) is 1. The van der Waals surface area contributed by atoms with Crippen molar-refractivity contribution in [2.75, 3.05) is 46.4 Å². The van der Waals surface area contributed by atoms with Crippen LogP contribution in [0.15, 0.2) is 47.6 Å². The quantitative estimate of drug-likeness (QED) is 0.132. The van der Waals surface area contributed by atoms with Crippen molar-refractivity contribution in [1.82, 2.24) is 25.3 Å². The topological polar surface area (TPSA) is 127 Å². The molecule has 5 rings (SSSR count). The first-order chi connectivity index (χ1) is 18.9. The van der Waals surface area contributed by atoms with Gasteiger partial charge in [-0.25, -0.2) is 4.79 Å². The molecule has 3 heterocycles. The number of fused-ring (bicyclic) bond motifs is 1. The fourth-order valence-electron chi connectivity index (χ4n) is 5.07. The van der Waals surface area contributed by atoms with Crippen LogP contribution in [0.5, 0.6) is 5.75 Å². The fourth-order valence-corrected chi connectivity index (χ4v) is 5.07. The maximum Gasteiger partial charge on any atom is 0.323 e. The van der Waals surface area contributed by atoms with Crippen LogP contribution < -0.4 is 15.4 Å². The molecule has 2 saturated heterocycles. The van der Waals surface area contributed by atoms with Gasteiger partial charge in [0.05, 0.1) is 13.7 Å². The third kappa shape index (κ3) is 5.11. The monoisotopic (exact) mass is 530 g/mol. The van der Waals surface area contributed by atoms with Crippen LogP contribution in [0.2, 0.25) is 0 Å². The lowest BCUT2D eigenvalue weighted by Gasteiger charge is -2.35. The molecule has 39 heavy (non-hydrogen) atoms. The Kier molecular flexibility index (Phi) is 7.13. The molecule has 2 fully saturated rings. The Balaban J connectivity index is 1.34. The maximum absolute atomic E-state index is 13.1. The number of hydrogen-bond acceptors (Lipinski definition) is 7. The molecular formula is C28H30N6O5. The molecule has 3 aliphatic rings. The molecule has 202 valence electrons. The van der Waals surface area contributed by atoms with Gasteiger partial charge in [-0.1, -0.05) is 30.0 Å². The number of carbonyl (C=O) groups is 3. The summed E-state index contributed by atoms with van der Waals surface area (Å²) in [5.74, 6) is 6.07. The Morgan fingerprint density at radius 3 is 2.46 bits per heavy atom. The predicted molar refractivity (Wildman–Crippen MR) is 142 cm³/mol. The van der Waals surface area contributed by atoms with Crippen LogP contribution in [0.3, 0.4) is 0 Å². The molecule has 1 atom stereocenters. The third-order valence-corrected chi connectivity index (χ3v) is 7.34. The number of carbonyl (C=O) groups excluding carboxylic acids is 3. The lowest BCUT2D eigenvalue weighted by atomic mass is 9.99. The molecule has 11 nitrogen and oxygen atoms in total. The average molecular weight is 531 g/mol. The number of rotatable bonds is 5. The molecule has 11 heteroatoms. The van der Waals surface area contributed by atoms with E-state index in [2.05, 4.69) is 39.5 Å². The lowest BCUT2D eigenvalue weighted by molar-refractivity contribution is -0.122. The number of imide groups is 1. The molecule has 0 saturated carbocycles. The minimum atomic E-state index is -1.60. The van der Waals surface area contributed by atoms with Crippen LogP contribution in [0.4, 0.5) is 4.79 Å². The fraction of sp³-hybridized carbons (Fsp3) is 0.357. The van der Waals surface area contributed by atoms with Gasteiger partial charge < -0.3 is 30.0 Å². The number of hydrogen-bond donors (Lipinski definition) is 3. The Bertz CT molecular complexity index is 1390. The highest BCUT2D eigenvalue weighted by Gasteiger charge is 2.48. The first kappa shape index (κ1) is 26.1. The van der Waals surface area contributed by atoms with Crippen molar-refractivity contribution in [2.45, 2.75) is 19.0 Å². The Morgan fingerprint density at radius 1 is 1.10 bits per heavy atom. The minimum absolute atomic E-state index is 0.115. The molecule has 3 N–H and O–H groups in total. The summed E-state index contributed by atoms with van der Waals surface area (Å²) in [5.41, 5.74) is 1.04. The van der Waals surface area contributed by atoms with Gasteiger partial charge in [0, 0.05) is 49.4 Å². The molecule has 0 radical (unpaired) electrons. The number of oxime groups is 1. The summed E-state index contributed by atoms with van der Waals surface area (Å²) >= 11 is 0. The van der Waals surface area contributed by atoms with Gasteiger partial charge in [0.1, 0.15) is 5.75 Å². The van der Waals surface area contributed by atoms with Gasteiger partial charge in [0.15, 0.2) is 5.84 Å². The van der Waals surface area contributed by atoms with E-state index >= 15 is 0 Å². The third-order valence-electron chi connectivity index (χ3n) is 7.34. The second kappa shape index (κ2) is 10.7. The number of amidine groups is 1. The summed E-state index contributed by atoms with van der Waals surface area (Å²) in [7, 11) is 1.53. The number of likely N-dealkylation sites (N-methyl/N-ethyl adjacent to an activating group) is 1. The van der Waals surface area contributed by atoms with E-state index in [4.69, 9.17) is 4.74 Å². The van der Waals surface area contributed by atoms with Crippen molar-refractivity contribution in [3.05, 3.63) is 64.7 Å². The second-order valence-corrected chi connectivity index (χ2v) is 9.67.